The monoisotopic (exact) mass is 396 g/mol. The Hall–Kier alpha value is -0.0800. The van der Waals surface area contributed by atoms with Gasteiger partial charge in [-0.15, -0.1) is 0 Å². The maximum atomic E-state index is 3.62. The zero-order valence-electron chi connectivity index (χ0n) is 20.0. The van der Waals surface area contributed by atoms with Gasteiger partial charge in [-0.05, 0) is 51.9 Å². The summed E-state index contributed by atoms with van der Waals surface area (Å²) in [5.74, 6) is 0. The fraction of sp³-hybridized carbons (Fsp3) is 1.00. The molecule has 0 saturated carbocycles. The third-order valence-corrected chi connectivity index (χ3v) is 5.87. The largest absolute Gasteiger partial charge is 0.317 e. The molecule has 0 unspecified atom stereocenters. The van der Waals surface area contributed by atoms with Crippen molar-refractivity contribution in [1.82, 2.24) is 10.6 Å². The van der Waals surface area contributed by atoms with E-state index in [-0.39, 0.29) is 0 Å². The molecule has 0 bridgehead atoms. The van der Waals surface area contributed by atoms with E-state index < -0.39 is 0 Å². The highest BCUT2D eigenvalue weighted by atomic mass is 14.9. The van der Waals surface area contributed by atoms with Crippen molar-refractivity contribution in [1.29, 1.82) is 0 Å². The molecule has 0 aromatic rings. The summed E-state index contributed by atoms with van der Waals surface area (Å²) in [7, 11) is 0. The van der Waals surface area contributed by atoms with Gasteiger partial charge in [-0.3, -0.25) is 0 Å². The molecule has 0 aliphatic carbocycles. The van der Waals surface area contributed by atoms with Crippen LogP contribution in [0, 0.1) is 0 Å². The highest BCUT2D eigenvalue weighted by Gasteiger charge is 1.94. The van der Waals surface area contributed by atoms with Gasteiger partial charge in [-0.25, -0.2) is 0 Å². The Bertz CT molecular complexity index is 229. The van der Waals surface area contributed by atoms with E-state index in [0.717, 1.165) is 0 Å². The first kappa shape index (κ1) is 27.9. The van der Waals surface area contributed by atoms with Crippen molar-refractivity contribution in [3.8, 4) is 0 Å². The van der Waals surface area contributed by atoms with Crippen molar-refractivity contribution in [3.05, 3.63) is 0 Å². The number of rotatable bonds is 25. The van der Waals surface area contributed by atoms with Gasteiger partial charge in [0.2, 0.25) is 0 Å². The molecule has 0 aromatic heterocycles. The van der Waals surface area contributed by atoms with Crippen LogP contribution in [0.2, 0.25) is 0 Å². The van der Waals surface area contributed by atoms with Gasteiger partial charge >= 0.3 is 0 Å². The van der Waals surface area contributed by atoms with Gasteiger partial charge in [-0.1, -0.05) is 117 Å². The molecule has 0 rings (SSSR count). The van der Waals surface area contributed by atoms with Crippen LogP contribution in [-0.4, -0.2) is 26.2 Å². The van der Waals surface area contributed by atoms with Gasteiger partial charge in [0.25, 0.3) is 0 Å². The highest BCUT2D eigenvalue weighted by Crippen LogP contribution is 2.10. The summed E-state index contributed by atoms with van der Waals surface area (Å²) in [6, 6.07) is 0. The lowest BCUT2D eigenvalue weighted by atomic mass is 10.1. The summed E-state index contributed by atoms with van der Waals surface area (Å²) >= 11 is 0. The summed E-state index contributed by atoms with van der Waals surface area (Å²) in [4.78, 5) is 0. The molecule has 170 valence electrons. The lowest BCUT2D eigenvalue weighted by Crippen LogP contribution is -2.20. The van der Waals surface area contributed by atoms with E-state index in [2.05, 4.69) is 24.5 Å². The molecular weight excluding hydrogens is 340 g/mol. The second-order valence-corrected chi connectivity index (χ2v) is 8.86. The minimum Gasteiger partial charge on any atom is -0.317 e. The number of hydrogen-bond acceptors (Lipinski definition) is 2. The van der Waals surface area contributed by atoms with Gasteiger partial charge in [0, 0.05) is 0 Å². The summed E-state index contributed by atoms with van der Waals surface area (Å²) in [6.45, 7) is 9.45. The normalized spacial score (nSPS) is 11.4. The average molecular weight is 397 g/mol. The minimum atomic E-state index is 1.21. The SMILES string of the molecule is CCCCCCCCCCCNCCCCNCCCCCCCCCCC. The zero-order valence-corrected chi connectivity index (χ0v) is 20.0. The van der Waals surface area contributed by atoms with Crippen LogP contribution in [-0.2, 0) is 0 Å². The van der Waals surface area contributed by atoms with Crippen LogP contribution in [0.25, 0.3) is 0 Å². The molecule has 0 heterocycles. The summed E-state index contributed by atoms with van der Waals surface area (Å²) in [5, 5.41) is 7.24. The second-order valence-electron chi connectivity index (χ2n) is 8.86. The number of nitrogens with one attached hydrogen (secondary N) is 2. The Morgan fingerprint density at radius 3 is 0.786 bits per heavy atom. The molecule has 0 aromatic carbocycles. The van der Waals surface area contributed by atoms with Crippen LogP contribution in [0.4, 0.5) is 0 Å². The van der Waals surface area contributed by atoms with Gasteiger partial charge in [0.1, 0.15) is 0 Å². The van der Waals surface area contributed by atoms with Gasteiger partial charge in [-0.2, -0.15) is 0 Å². The zero-order chi connectivity index (χ0) is 20.4. The Morgan fingerprint density at radius 1 is 0.286 bits per heavy atom. The molecule has 0 spiro atoms. The highest BCUT2D eigenvalue weighted by molar-refractivity contribution is 4.54. The molecule has 28 heavy (non-hydrogen) atoms. The molecule has 0 saturated heterocycles. The first-order chi connectivity index (χ1) is 13.9. The van der Waals surface area contributed by atoms with Crippen LogP contribution < -0.4 is 10.6 Å². The van der Waals surface area contributed by atoms with Crippen molar-refractivity contribution in [2.75, 3.05) is 26.2 Å². The smallest absolute Gasteiger partial charge is 0.00484 e. The Balaban J connectivity index is 2.96. The first-order valence-corrected chi connectivity index (χ1v) is 13.3. The van der Waals surface area contributed by atoms with E-state index in [1.54, 1.807) is 0 Å². The van der Waals surface area contributed by atoms with Crippen LogP contribution in [0.1, 0.15) is 142 Å². The Kier molecular flexibility index (Phi) is 26.8. The molecule has 0 fully saturated rings. The minimum absolute atomic E-state index is 1.21. The summed E-state index contributed by atoms with van der Waals surface area (Å²) < 4.78 is 0. The standard InChI is InChI=1S/C26H56N2/c1-3-5-7-9-11-13-15-17-19-23-27-25-21-22-26-28-24-20-18-16-14-12-10-8-6-4-2/h27-28H,3-26H2,1-2H3. The van der Waals surface area contributed by atoms with Crippen molar-refractivity contribution in [2.24, 2.45) is 0 Å². The topological polar surface area (TPSA) is 24.1 Å². The molecule has 0 aliphatic heterocycles. The maximum Gasteiger partial charge on any atom is -0.00484 e. The van der Waals surface area contributed by atoms with Crippen molar-refractivity contribution in [2.45, 2.75) is 142 Å². The van der Waals surface area contributed by atoms with E-state index in [1.165, 1.54) is 155 Å². The van der Waals surface area contributed by atoms with Crippen molar-refractivity contribution >= 4 is 0 Å². The van der Waals surface area contributed by atoms with Gasteiger partial charge in [0.15, 0.2) is 0 Å². The van der Waals surface area contributed by atoms with Crippen molar-refractivity contribution < 1.29 is 0 Å². The molecule has 2 N–H and O–H groups in total. The van der Waals surface area contributed by atoms with Gasteiger partial charge < -0.3 is 10.6 Å². The number of unbranched alkanes of at least 4 members (excludes halogenated alkanes) is 17. The summed E-state index contributed by atoms with van der Waals surface area (Å²) in [5.41, 5.74) is 0. The maximum absolute atomic E-state index is 3.62. The first-order valence-electron chi connectivity index (χ1n) is 13.3. The van der Waals surface area contributed by atoms with E-state index in [1.807, 2.05) is 0 Å². The average Bonchev–Trinajstić information content (AvgIpc) is 2.71. The van der Waals surface area contributed by atoms with Gasteiger partial charge in [0.05, 0.1) is 0 Å². The molecular formula is C26H56N2. The molecule has 0 radical (unpaired) electrons. The van der Waals surface area contributed by atoms with Crippen LogP contribution in [0.15, 0.2) is 0 Å². The third kappa shape index (κ3) is 25.9. The van der Waals surface area contributed by atoms with E-state index >= 15 is 0 Å². The van der Waals surface area contributed by atoms with Crippen molar-refractivity contribution in [3.63, 3.8) is 0 Å². The predicted molar refractivity (Wildman–Crippen MR) is 129 cm³/mol. The van der Waals surface area contributed by atoms with E-state index in [0.29, 0.717) is 0 Å². The van der Waals surface area contributed by atoms with Crippen LogP contribution in [0.3, 0.4) is 0 Å². The summed E-state index contributed by atoms with van der Waals surface area (Å²) in [6.07, 6.45) is 28.3. The third-order valence-electron chi connectivity index (χ3n) is 5.87. The van der Waals surface area contributed by atoms with E-state index in [9.17, 15) is 0 Å². The molecule has 0 atom stereocenters. The number of hydrogen-bond donors (Lipinski definition) is 2. The van der Waals surface area contributed by atoms with Crippen LogP contribution >= 0.6 is 0 Å². The molecule has 0 aliphatic rings. The molecule has 2 heteroatoms. The second kappa shape index (κ2) is 26.9. The predicted octanol–water partition coefficient (Wildman–Crippen LogP) is 8.01. The lowest BCUT2D eigenvalue weighted by Gasteiger charge is -2.07. The fourth-order valence-electron chi connectivity index (χ4n) is 3.87. The quantitative estimate of drug-likeness (QED) is 0.153. The Labute approximate surface area is 179 Å². The van der Waals surface area contributed by atoms with Crippen LogP contribution in [0.5, 0.6) is 0 Å². The van der Waals surface area contributed by atoms with E-state index in [4.69, 9.17) is 0 Å². The lowest BCUT2D eigenvalue weighted by molar-refractivity contribution is 0.527. The molecule has 2 nitrogen and oxygen atoms in total. The molecule has 0 amide bonds. The fourth-order valence-corrected chi connectivity index (χ4v) is 3.87. The Morgan fingerprint density at radius 2 is 0.500 bits per heavy atom.